The van der Waals surface area contributed by atoms with E-state index in [-0.39, 0.29) is 23.3 Å². The van der Waals surface area contributed by atoms with Crippen molar-refractivity contribution < 1.29 is 17.7 Å². The van der Waals surface area contributed by atoms with Crippen LogP contribution in [0.25, 0.3) is 39.3 Å². The van der Waals surface area contributed by atoms with Crippen LogP contribution < -0.4 is 10.5 Å². The van der Waals surface area contributed by atoms with Gasteiger partial charge in [0.1, 0.15) is 28.7 Å². The molecule has 2 aromatic carbocycles. The Bertz CT molecular complexity index is 1860. The smallest absolute Gasteiger partial charge is 0.242 e. The Morgan fingerprint density at radius 1 is 1.05 bits per heavy atom. The first-order valence-electron chi connectivity index (χ1n) is 11.1. The highest BCUT2D eigenvalue weighted by atomic mass is 32.2. The average Bonchev–Trinajstić information content (AvgIpc) is 3.61. The molecule has 6 aromatic rings. The van der Waals surface area contributed by atoms with E-state index in [1.54, 1.807) is 49.7 Å². The number of hydrogen-bond acceptors (Lipinski definition) is 10. The summed E-state index contributed by atoms with van der Waals surface area (Å²) in [6.07, 6.45) is 1.71. The Morgan fingerprint density at radius 2 is 1.89 bits per heavy atom. The van der Waals surface area contributed by atoms with E-state index < -0.39 is 15.6 Å². The fourth-order valence-electron chi connectivity index (χ4n) is 4.06. The van der Waals surface area contributed by atoms with Gasteiger partial charge >= 0.3 is 0 Å². The van der Waals surface area contributed by atoms with E-state index in [0.29, 0.717) is 28.3 Å². The van der Waals surface area contributed by atoms with Crippen LogP contribution in [0.15, 0.2) is 65.3 Å². The fraction of sp³-hybridized carbons (Fsp3) is 0.125. The summed E-state index contributed by atoms with van der Waals surface area (Å²) in [5.74, 6) is 0.412. The van der Waals surface area contributed by atoms with Crippen LogP contribution in [0.2, 0.25) is 0 Å². The number of hydrogen-bond donors (Lipinski definition) is 2. The molecule has 0 aliphatic heterocycles. The van der Waals surface area contributed by atoms with Gasteiger partial charge in [0.2, 0.25) is 11.7 Å². The number of nitrogen functional groups attached to an aromatic ring is 1. The van der Waals surface area contributed by atoms with E-state index in [9.17, 15) is 8.42 Å². The molecule has 0 amide bonds. The molecule has 6 rings (SSSR count). The van der Waals surface area contributed by atoms with Gasteiger partial charge in [-0.25, -0.2) is 17.9 Å². The molecule has 13 heteroatoms. The lowest BCUT2D eigenvalue weighted by molar-refractivity contribution is 0.389. The van der Waals surface area contributed by atoms with Gasteiger partial charge < -0.3 is 15.0 Å². The summed E-state index contributed by atoms with van der Waals surface area (Å²) in [6, 6.07) is 15.9. The molecule has 0 aliphatic rings. The van der Waals surface area contributed by atoms with Crippen LogP contribution in [-0.4, -0.2) is 50.5 Å². The van der Waals surface area contributed by atoms with E-state index in [4.69, 9.17) is 20.0 Å². The molecule has 0 unspecified atom stereocenters. The minimum Gasteiger partial charge on any atom is -0.497 e. The highest BCUT2D eigenvalue weighted by molar-refractivity contribution is 7.89. The summed E-state index contributed by atoms with van der Waals surface area (Å²) in [4.78, 5) is 9.10. The second-order valence-corrected chi connectivity index (χ2v) is 10.5. The van der Waals surface area contributed by atoms with Crippen molar-refractivity contribution in [1.29, 1.82) is 0 Å². The third kappa shape index (κ3) is 4.36. The van der Waals surface area contributed by atoms with Gasteiger partial charge in [0.15, 0.2) is 15.5 Å². The Kier molecular flexibility index (Phi) is 5.34. The number of rotatable bonds is 7. The summed E-state index contributed by atoms with van der Waals surface area (Å²) >= 11 is 0. The third-order valence-corrected chi connectivity index (χ3v) is 7.24. The zero-order valence-electron chi connectivity index (χ0n) is 19.5. The minimum atomic E-state index is -3.60. The summed E-state index contributed by atoms with van der Waals surface area (Å²) in [5.41, 5.74) is 9.68. The van der Waals surface area contributed by atoms with Gasteiger partial charge in [-0.1, -0.05) is 23.4 Å². The first-order chi connectivity index (χ1) is 17.9. The normalized spacial score (nSPS) is 11.9. The Morgan fingerprint density at radius 3 is 2.70 bits per heavy atom. The number of aromatic amines is 1. The molecule has 0 atom stereocenters. The lowest BCUT2D eigenvalue weighted by Gasteiger charge is -2.04. The van der Waals surface area contributed by atoms with Crippen molar-refractivity contribution in [2.75, 3.05) is 12.8 Å². The number of nitrogens with two attached hydrogens (primary N) is 1. The highest BCUT2D eigenvalue weighted by Crippen LogP contribution is 2.32. The molecule has 0 saturated heterocycles. The maximum atomic E-state index is 12.8. The van der Waals surface area contributed by atoms with Gasteiger partial charge in [0.05, 0.1) is 24.6 Å². The van der Waals surface area contributed by atoms with Crippen LogP contribution in [0.4, 0.5) is 5.82 Å². The summed E-state index contributed by atoms with van der Waals surface area (Å²) < 4.78 is 37.7. The third-order valence-electron chi connectivity index (χ3n) is 5.78. The number of anilines is 1. The number of methoxy groups -OCH3 is 1. The number of H-pyrrole nitrogens is 1. The Hall–Kier alpha value is -4.78. The van der Waals surface area contributed by atoms with Crippen LogP contribution >= 0.6 is 0 Å². The van der Waals surface area contributed by atoms with Gasteiger partial charge in [0.25, 0.3) is 0 Å². The Labute approximate surface area is 210 Å². The predicted octanol–water partition coefficient (Wildman–Crippen LogP) is 3.03. The zero-order valence-corrected chi connectivity index (χ0v) is 20.3. The molecule has 186 valence electrons. The highest BCUT2D eigenvalue weighted by Gasteiger charge is 2.24. The molecule has 0 fully saturated rings. The zero-order chi connectivity index (χ0) is 25.6. The molecular formula is C24H20N8O4S. The number of aromatic nitrogens is 7. The van der Waals surface area contributed by atoms with Crippen molar-refractivity contribution in [2.45, 2.75) is 11.5 Å². The molecule has 4 aromatic heterocycles. The molecule has 12 nitrogen and oxygen atoms in total. The standard InChI is InChI=1S/C24H20N8O4S/c1-35-17-5-2-14(3-6-17)12-37(33,34)13-21-28-24(31-36-21)23-22(27-20-9-8-19(25)30-32(20)23)15-4-7-18-16(10-15)11-26-29-18/h2-11H,12-13H2,1H3,(H2,25,30)(H,26,29). The molecule has 37 heavy (non-hydrogen) atoms. The lowest BCUT2D eigenvalue weighted by atomic mass is 10.1. The number of nitrogens with zero attached hydrogens (tertiary/aromatic N) is 6. The van der Waals surface area contributed by atoms with E-state index in [0.717, 1.165) is 16.5 Å². The minimum absolute atomic E-state index is 0.0430. The maximum Gasteiger partial charge on any atom is 0.242 e. The topological polar surface area (TPSA) is 167 Å². The fourth-order valence-corrected chi connectivity index (χ4v) is 5.36. The van der Waals surface area contributed by atoms with E-state index in [1.165, 1.54) is 4.52 Å². The predicted molar refractivity (Wildman–Crippen MR) is 135 cm³/mol. The van der Waals surface area contributed by atoms with Crippen molar-refractivity contribution in [3.63, 3.8) is 0 Å². The van der Waals surface area contributed by atoms with Gasteiger partial charge in [-0.15, -0.1) is 5.10 Å². The number of nitrogens with one attached hydrogen (secondary N) is 1. The van der Waals surface area contributed by atoms with Crippen LogP contribution in [0.3, 0.4) is 0 Å². The van der Waals surface area contributed by atoms with E-state index in [1.807, 2.05) is 18.2 Å². The van der Waals surface area contributed by atoms with E-state index in [2.05, 4.69) is 25.4 Å². The summed E-state index contributed by atoms with van der Waals surface area (Å²) in [7, 11) is -2.05. The second-order valence-electron chi connectivity index (χ2n) is 8.40. The molecule has 0 radical (unpaired) electrons. The Balaban J connectivity index is 1.37. The number of ether oxygens (including phenoxy) is 1. The molecule has 0 aliphatic carbocycles. The van der Waals surface area contributed by atoms with Crippen LogP contribution in [0.1, 0.15) is 11.5 Å². The maximum absolute atomic E-state index is 12.8. The van der Waals surface area contributed by atoms with Gasteiger partial charge in [-0.3, -0.25) is 5.10 Å². The van der Waals surface area contributed by atoms with E-state index >= 15 is 0 Å². The van der Waals surface area contributed by atoms with Crippen LogP contribution in [0, 0.1) is 0 Å². The van der Waals surface area contributed by atoms with Gasteiger partial charge in [0, 0.05) is 10.9 Å². The van der Waals surface area contributed by atoms with Crippen molar-refractivity contribution >= 4 is 32.2 Å². The van der Waals surface area contributed by atoms with Gasteiger partial charge in [-0.2, -0.15) is 10.1 Å². The first-order valence-corrected chi connectivity index (χ1v) is 13.0. The lowest BCUT2D eigenvalue weighted by Crippen LogP contribution is -2.08. The largest absolute Gasteiger partial charge is 0.497 e. The van der Waals surface area contributed by atoms with Crippen molar-refractivity contribution in [1.82, 2.24) is 34.9 Å². The number of benzene rings is 2. The summed E-state index contributed by atoms with van der Waals surface area (Å²) in [5, 5.41) is 16.3. The monoisotopic (exact) mass is 516 g/mol. The molecule has 3 N–H and O–H groups in total. The van der Waals surface area contributed by atoms with Crippen LogP contribution in [-0.2, 0) is 21.3 Å². The average molecular weight is 517 g/mol. The van der Waals surface area contributed by atoms with Gasteiger partial charge in [-0.05, 0) is 42.0 Å². The number of fused-ring (bicyclic) bond motifs is 2. The van der Waals surface area contributed by atoms with Crippen molar-refractivity contribution in [3.05, 3.63) is 72.2 Å². The van der Waals surface area contributed by atoms with Crippen molar-refractivity contribution in [3.8, 4) is 28.5 Å². The molecule has 4 heterocycles. The quantitative estimate of drug-likeness (QED) is 0.322. The number of imidazole rings is 1. The molecule has 0 saturated carbocycles. The summed E-state index contributed by atoms with van der Waals surface area (Å²) in [6.45, 7) is 0. The second kappa shape index (κ2) is 8.71. The van der Waals surface area contributed by atoms with Crippen molar-refractivity contribution in [2.24, 2.45) is 0 Å². The molecular weight excluding hydrogens is 496 g/mol. The first kappa shape index (κ1) is 22.7. The number of sulfone groups is 1. The molecule has 0 bridgehead atoms. The van der Waals surface area contributed by atoms with Crippen LogP contribution in [0.5, 0.6) is 5.75 Å². The SMILES string of the molecule is COc1ccc(CS(=O)(=O)Cc2nc(-c3c(-c4ccc5[nH]ncc5c4)nc4ccc(N)nn34)no2)cc1. The molecule has 0 spiro atoms.